The lowest BCUT2D eigenvalue weighted by Gasteiger charge is -2.22. The fourth-order valence-electron chi connectivity index (χ4n) is 7.96. The smallest absolute Gasteiger partial charge is 0.266 e. The van der Waals surface area contributed by atoms with Crippen molar-refractivity contribution in [2.24, 2.45) is 0 Å². The predicted octanol–water partition coefficient (Wildman–Crippen LogP) is 9.49. The van der Waals surface area contributed by atoms with Gasteiger partial charge in [0.1, 0.15) is 0 Å². The van der Waals surface area contributed by atoms with E-state index in [0.717, 1.165) is 38.4 Å². The van der Waals surface area contributed by atoms with Crippen LogP contribution in [-0.4, -0.2) is 19.1 Å². The highest BCUT2D eigenvalue weighted by Gasteiger charge is 2.37. The van der Waals surface area contributed by atoms with Crippen molar-refractivity contribution >= 4 is 54.4 Å². The first-order valence-corrected chi connectivity index (χ1v) is 16.0. The third-order valence-corrected chi connectivity index (χ3v) is 10.2. The van der Waals surface area contributed by atoms with Crippen LogP contribution in [0.4, 0.5) is 0 Å². The molecule has 1 aliphatic carbocycles. The zero-order valence-electron chi connectivity index (χ0n) is 25.9. The van der Waals surface area contributed by atoms with Gasteiger partial charge >= 0.3 is 0 Å². The number of aromatic nitrogens is 4. The lowest BCUT2D eigenvalue weighted by Crippen LogP contribution is -2.20. The standard InChI is InChI=1S/C42H28N4O/c1-42(2)33-21-20-25-12-6-7-15-27(25)38(33)31-22-30-28-16-8-10-18-35(28)46(37(30)23-34(31)42)41-43-24-32-39(44-41)29-17-9-11-19-36(29)45(40(32)47)26-13-4-3-5-14-26/h3-24H,1-2H3. The lowest BCUT2D eigenvalue weighted by atomic mass is 9.82. The van der Waals surface area contributed by atoms with Crippen molar-refractivity contribution in [3.05, 3.63) is 155 Å². The number of benzene rings is 6. The maximum Gasteiger partial charge on any atom is 0.266 e. The highest BCUT2D eigenvalue weighted by Crippen LogP contribution is 2.53. The van der Waals surface area contributed by atoms with E-state index in [0.29, 0.717) is 16.9 Å². The third-order valence-electron chi connectivity index (χ3n) is 10.2. The van der Waals surface area contributed by atoms with Crippen molar-refractivity contribution in [3.63, 3.8) is 0 Å². The van der Waals surface area contributed by atoms with Crippen LogP contribution in [0.25, 0.3) is 77.1 Å². The highest BCUT2D eigenvalue weighted by molar-refractivity contribution is 6.13. The number of para-hydroxylation sites is 3. The predicted molar refractivity (Wildman–Crippen MR) is 192 cm³/mol. The Morgan fingerprint density at radius 2 is 1.26 bits per heavy atom. The van der Waals surface area contributed by atoms with Gasteiger partial charge in [-0.2, -0.15) is 0 Å². The van der Waals surface area contributed by atoms with E-state index in [1.165, 1.54) is 33.0 Å². The number of hydrogen-bond acceptors (Lipinski definition) is 3. The molecule has 0 bridgehead atoms. The first-order chi connectivity index (χ1) is 23.0. The molecule has 222 valence electrons. The molecule has 0 atom stereocenters. The Kier molecular flexibility index (Phi) is 5.15. The van der Waals surface area contributed by atoms with Gasteiger partial charge in [-0.3, -0.25) is 13.9 Å². The quantitative estimate of drug-likeness (QED) is 0.185. The summed E-state index contributed by atoms with van der Waals surface area (Å²) in [7, 11) is 0. The van der Waals surface area contributed by atoms with E-state index in [9.17, 15) is 4.79 Å². The second-order valence-electron chi connectivity index (χ2n) is 13.0. The molecule has 0 saturated carbocycles. The Labute approximate surface area is 270 Å². The first kappa shape index (κ1) is 26.2. The summed E-state index contributed by atoms with van der Waals surface area (Å²) < 4.78 is 3.92. The normalized spacial score (nSPS) is 13.6. The van der Waals surface area contributed by atoms with Crippen molar-refractivity contribution in [2.75, 3.05) is 0 Å². The maximum absolute atomic E-state index is 14.0. The Hall–Kier alpha value is -6.07. The van der Waals surface area contributed by atoms with E-state index in [1.807, 2.05) is 54.6 Å². The molecule has 0 amide bonds. The lowest BCUT2D eigenvalue weighted by molar-refractivity contribution is 0.661. The fourth-order valence-corrected chi connectivity index (χ4v) is 7.96. The second kappa shape index (κ2) is 9.24. The van der Waals surface area contributed by atoms with Crippen LogP contribution in [0, 0.1) is 0 Å². The molecule has 10 rings (SSSR count). The number of fused-ring (bicyclic) bond motifs is 11. The number of nitrogens with zero attached hydrogens (tertiary/aromatic N) is 4. The Bertz CT molecular complexity index is 2840. The van der Waals surface area contributed by atoms with Gasteiger partial charge in [-0.25, -0.2) is 9.97 Å². The van der Waals surface area contributed by atoms with Crippen molar-refractivity contribution in [1.82, 2.24) is 19.1 Å². The molecular formula is C42H28N4O. The molecule has 9 aromatic rings. The molecule has 0 N–H and O–H groups in total. The minimum absolute atomic E-state index is 0.136. The topological polar surface area (TPSA) is 52.7 Å². The summed E-state index contributed by atoms with van der Waals surface area (Å²) in [5.74, 6) is 0.546. The van der Waals surface area contributed by atoms with Crippen LogP contribution < -0.4 is 5.56 Å². The molecule has 0 fully saturated rings. The van der Waals surface area contributed by atoms with Crippen LogP contribution in [0.5, 0.6) is 0 Å². The molecule has 1 aliphatic rings. The van der Waals surface area contributed by atoms with Gasteiger partial charge in [0, 0.05) is 33.5 Å². The van der Waals surface area contributed by atoms with Crippen molar-refractivity contribution in [3.8, 4) is 22.8 Å². The molecule has 0 radical (unpaired) electrons. The monoisotopic (exact) mass is 604 g/mol. The van der Waals surface area contributed by atoms with E-state index in [1.54, 1.807) is 10.8 Å². The Morgan fingerprint density at radius 1 is 0.574 bits per heavy atom. The molecule has 0 spiro atoms. The summed E-state index contributed by atoms with van der Waals surface area (Å²) in [6.45, 7) is 4.64. The van der Waals surface area contributed by atoms with E-state index in [-0.39, 0.29) is 11.0 Å². The van der Waals surface area contributed by atoms with Gasteiger partial charge < -0.3 is 0 Å². The van der Waals surface area contributed by atoms with Gasteiger partial charge in [0.25, 0.3) is 5.56 Å². The average Bonchev–Trinajstić information content (AvgIpc) is 3.56. The van der Waals surface area contributed by atoms with E-state index >= 15 is 0 Å². The van der Waals surface area contributed by atoms with Crippen molar-refractivity contribution in [1.29, 1.82) is 0 Å². The molecular weight excluding hydrogens is 576 g/mol. The van der Waals surface area contributed by atoms with Crippen LogP contribution in [0.1, 0.15) is 25.0 Å². The molecule has 0 unspecified atom stereocenters. The fraction of sp³-hybridized carbons (Fsp3) is 0.0714. The van der Waals surface area contributed by atoms with Gasteiger partial charge in [0.05, 0.1) is 27.5 Å². The summed E-state index contributed by atoms with van der Waals surface area (Å²) in [5.41, 5.74) is 9.27. The van der Waals surface area contributed by atoms with Gasteiger partial charge in [0.2, 0.25) is 5.95 Å². The molecule has 47 heavy (non-hydrogen) atoms. The molecule has 5 nitrogen and oxygen atoms in total. The third kappa shape index (κ3) is 3.46. The summed E-state index contributed by atoms with van der Waals surface area (Å²) in [4.78, 5) is 24.1. The molecule has 0 aliphatic heterocycles. The first-order valence-electron chi connectivity index (χ1n) is 16.0. The zero-order chi connectivity index (χ0) is 31.4. The van der Waals surface area contributed by atoms with Crippen LogP contribution >= 0.6 is 0 Å². The second-order valence-corrected chi connectivity index (χ2v) is 13.0. The minimum Gasteiger partial charge on any atom is -0.278 e. The van der Waals surface area contributed by atoms with Crippen LogP contribution in [0.3, 0.4) is 0 Å². The molecule has 0 saturated heterocycles. The Balaban J connectivity index is 1.28. The van der Waals surface area contributed by atoms with E-state index in [2.05, 4.69) is 91.2 Å². The SMILES string of the molecule is CC1(C)c2cc3c(cc2-c2c1ccc1ccccc21)c1ccccc1n3-c1ncc2c(=O)n(-c3ccccc3)c3ccccc3c2n1. The van der Waals surface area contributed by atoms with Gasteiger partial charge in [-0.15, -0.1) is 0 Å². The van der Waals surface area contributed by atoms with Gasteiger partial charge in [0.15, 0.2) is 0 Å². The van der Waals surface area contributed by atoms with Crippen molar-refractivity contribution < 1.29 is 0 Å². The number of hydrogen-bond donors (Lipinski definition) is 0. The van der Waals surface area contributed by atoms with Crippen LogP contribution in [0.2, 0.25) is 0 Å². The van der Waals surface area contributed by atoms with Gasteiger partial charge in [-0.1, -0.05) is 105 Å². The van der Waals surface area contributed by atoms with Crippen LogP contribution in [-0.2, 0) is 5.41 Å². The van der Waals surface area contributed by atoms with E-state index < -0.39 is 0 Å². The minimum atomic E-state index is -0.187. The molecule has 3 aromatic heterocycles. The molecule has 6 aromatic carbocycles. The average molecular weight is 605 g/mol. The summed E-state index contributed by atoms with van der Waals surface area (Å²) in [5, 5.41) is 6.22. The molecule has 5 heteroatoms. The maximum atomic E-state index is 14.0. The Morgan fingerprint density at radius 3 is 2.06 bits per heavy atom. The summed E-state index contributed by atoms with van der Waals surface area (Å²) in [6, 6.07) is 44.1. The number of rotatable bonds is 2. The molecule has 3 heterocycles. The highest BCUT2D eigenvalue weighted by atomic mass is 16.1. The zero-order valence-corrected chi connectivity index (χ0v) is 25.9. The number of pyridine rings is 1. The van der Waals surface area contributed by atoms with Crippen LogP contribution in [0.15, 0.2) is 138 Å². The van der Waals surface area contributed by atoms with Crippen molar-refractivity contribution in [2.45, 2.75) is 19.3 Å². The summed E-state index contributed by atoms with van der Waals surface area (Å²) in [6.07, 6.45) is 1.70. The summed E-state index contributed by atoms with van der Waals surface area (Å²) >= 11 is 0. The van der Waals surface area contributed by atoms with E-state index in [4.69, 9.17) is 9.97 Å². The largest absolute Gasteiger partial charge is 0.278 e. The van der Waals surface area contributed by atoms with Gasteiger partial charge in [-0.05, 0) is 69.4 Å².